The molecule has 0 heterocycles. The van der Waals surface area contributed by atoms with Crippen LogP contribution in [0.1, 0.15) is 47.0 Å². The molecule has 1 fully saturated rings. The fraction of sp³-hybridized carbons (Fsp3) is 0.857. The zero-order chi connectivity index (χ0) is 13.7. The molecule has 0 bridgehead atoms. The quantitative estimate of drug-likeness (QED) is 0.783. The summed E-state index contributed by atoms with van der Waals surface area (Å²) in [5.74, 6) is 2.81. The fourth-order valence-corrected chi connectivity index (χ4v) is 4.50. The third kappa shape index (κ3) is 5.35. The first-order valence-electron chi connectivity index (χ1n) is 6.70. The highest BCUT2D eigenvalue weighted by Crippen LogP contribution is 2.40. The molecule has 1 aliphatic rings. The predicted molar refractivity (Wildman–Crippen MR) is 80.9 cm³/mol. The van der Waals surface area contributed by atoms with Gasteiger partial charge in [-0.15, -0.1) is 0 Å². The number of carbonyl (C=O) groups excluding carboxylic acids is 2. The maximum Gasteiger partial charge on any atom is 0.186 e. The van der Waals surface area contributed by atoms with E-state index >= 15 is 0 Å². The molecule has 0 amide bonds. The van der Waals surface area contributed by atoms with Crippen molar-refractivity contribution in [3.63, 3.8) is 0 Å². The minimum absolute atomic E-state index is 0.209. The van der Waals surface area contributed by atoms with Crippen LogP contribution in [0.3, 0.4) is 0 Å². The molecule has 4 heteroatoms. The van der Waals surface area contributed by atoms with Gasteiger partial charge < -0.3 is 0 Å². The third-order valence-corrected chi connectivity index (χ3v) is 6.22. The molecule has 0 saturated heterocycles. The van der Waals surface area contributed by atoms with E-state index in [1.54, 1.807) is 13.8 Å². The molecule has 0 unspecified atom stereocenters. The first kappa shape index (κ1) is 16.1. The standard InChI is InChI=1S/C14H24O2S2/c1-9-5-6-13(7-14(9)18-12(4)16)10(2)8-17-11(3)15/h9-10,13-14H,5-8H2,1-4H3/t9-,10-,13+,14-/m0/s1. The SMILES string of the molecule is CC(=O)SC[C@H](C)[C@@H]1CC[C@H](C)[C@@H](SC(C)=O)C1. The Balaban J connectivity index is 2.47. The Morgan fingerprint density at radius 1 is 1.22 bits per heavy atom. The first-order valence-corrected chi connectivity index (χ1v) is 8.57. The monoisotopic (exact) mass is 288 g/mol. The molecular formula is C14H24O2S2. The largest absolute Gasteiger partial charge is 0.288 e. The Morgan fingerprint density at radius 3 is 2.44 bits per heavy atom. The number of rotatable bonds is 4. The summed E-state index contributed by atoms with van der Waals surface area (Å²) in [5.41, 5.74) is 0. The minimum atomic E-state index is 0.209. The zero-order valence-electron chi connectivity index (χ0n) is 11.8. The van der Waals surface area contributed by atoms with Gasteiger partial charge in [-0.2, -0.15) is 0 Å². The lowest BCUT2D eigenvalue weighted by atomic mass is 9.77. The Labute approximate surface area is 119 Å². The van der Waals surface area contributed by atoms with Crippen LogP contribution < -0.4 is 0 Å². The third-order valence-electron chi connectivity index (χ3n) is 3.83. The van der Waals surface area contributed by atoms with Crippen molar-refractivity contribution in [2.45, 2.75) is 52.2 Å². The molecule has 104 valence electrons. The number of carbonyl (C=O) groups is 2. The topological polar surface area (TPSA) is 34.1 Å². The van der Waals surface area contributed by atoms with E-state index < -0.39 is 0 Å². The smallest absolute Gasteiger partial charge is 0.186 e. The van der Waals surface area contributed by atoms with Gasteiger partial charge in [0.05, 0.1) is 0 Å². The predicted octanol–water partition coefficient (Wildman–Crippen LogP) is 3.99. The molecule has 0 spiro atoms. The highest BCUT2D eigenvalue weighted by Gasteiger charge is 2.31. The molecule has 2 nitrogen and oxygen atoms in total. The lowest BCUT2D eigenvalue weighted by molar-refractivity contribution is -0.110. The molecule has 18 heavy (non-hydrogen) atoms. The summed E-state index contributed by atoms with van der Waals surface area (Å²) in [6.45, 7) is 7.79. The summed E-state index contributed by atoms with van der Waals surface area (Å²) in [7, 11) is 0. The van der Waals surface area contributed by atoms with Crippen LogP contribution >= 0.6 is 23.5 Å². The van der Waals surface area contributed by atoms with Crippen molar-refractivity contribution in [2.24, 2.45) is 17.8 Å². The maximum atomic E-state index is 11.3. The van der Waals surface area contributed by atoms with Gasteiger partial charge in [0.15, 0.2) is 10.2 Å². The lowest BCUT2D eigenvalue weighted by Gasteiger charge is -2.36. The minimum Gasteiger partial charge on any atom is -0.288 e. The molecule has 1 aliphatic carbocycles. The van der Waals surface area contributed by atoms with E-state index in [4.69, 9.17) is 0 Å². The molecule has 0 aromatic heterocycles. The average Bonchev–Trinajstić information content (AvgIpc) is 2.28. The molecule has 0 aromatic rings. The van der Waals surface area contributed by atoms with Crippen molar-refractivity contribution in [2.75, 3.05) is 5.75 Å². The van der Waals surface area contributed by atoms with Gasteiger partial charge in [0.1, 0.15) is 0 Å². The number of thioether (sulfide) groups is 2. The summed E-state index contributed by atoms with van der Waals surface area (Å²) in [6.07, 6.45) is 3.59. The summed E-state index contributed by atoms with van der Waals surface area (Å²) < 4.78 is 0. The average molecular weight is 288 g/mol. The van der Waals surface area contributed by atoms with Crippen molar-refractivity contribution >= 4 is 33.8 Å². The van der Waals surface area contributed by atoms with E-state index in [0.717, 1.165) is 12.2 Å². The van der Waals surface area contributed by atoms with Gasteiger partial charge in [-0.25, -0.2) is 0 Å². The molecule has 1 saturated carbocycles. The first-order chi connectivity index (χ1) is 8.40. The molecular weight excluding hydrogens is 264 g/mol. The van der Waals surface area contributed by atoms with Crippen LogP contribution in [0.5, 0.6) is 0 Å². The van der Waals surface area contributed by atoms with Crippen molar-refractivity contribution < 1.29 is 9.59 Å². The molecule has 0 aromatic carbocycles. The number of hydrogen-bond donors (Lipinski definition) is 0. The Kier molecular flexibility index (Phi) is 6.78. The second-order valence-corrected chi connectivity index (χ2v) is 8.09. The van der Waals surface area contributed by atoms with Gasteiger partial charge in [0.25, 0.3) is 0 Å². The molecule has 0 aliphatic heterocycles. The second kappa shape index (κ2) is 7.59. The van der Waals surface area contributed by atoms with E-state index in [2.05, 4.69) is 13.8 Å². The van der Waals surface area contributed by atoms with E-state index in [1.807, 2.05) is 0 Å². The lowest BCUT2D eigenvalue weighted by Crippen LogP contribution is -2.30. The van der Waals surface area contributed by atoms with Crippen LogP contribution in [-0.4, -0.2) is 21.2 Å². The van der Waals surface area contributed by atoms with Crippen molar-refractivity contribution in [1.29, 1.82) is 0 Å². The highest BCUT2D eigenvalue weighted by molar-refractivity contribution is 8.14. The van der Waals surface area contributed by atoms with E-state index in [1.165, 1.54) is 36.4 Å². The van der Waals surface area contributed by atoms with Gasteiger partial charge in [-0.3, -0.25) is 9.59 Å². The van der Waals surface area contributed by atoms with Crippen LogP contribution in [-0.2, 0) is 9.59 Å². The summed E-state index contributed by atoms with van der Waals surface area (Å²) >= 11 is 2.95. The number of hydrogen-bond acceptors (Lipinski definition) is 4. The van der Waals surface area contributed by atoms with E-state index in [0.29, 0.717) is 23.0 Å². The Bertz CT molecular complexity index is 304. The van der Waals surface area contributed by atoms with Gasteiger partial charge in [0.2, 0.25) is 0 Å². The van der Waals surface area contributed by atoms with Gasteiger partial charge in [-0.1, -0.05) is 37.4 Å². The van der Waals surface area contributed by atoms with Crippen molar-refractivity contribution in [1.82, 2.24) is 0 Å². The van der Waals surface area contributed by atoms with Crippen molar-refractivity contribution in [3.05, 3.63) is 0 Å². The van der Waals surface area contributed by atoms with Crippen LogP contribution in [0.15, 0.2) is 0 Å². The molecule has 0 radical (unpaired) electrons. The van der Waals surface area contributed by atoms with Gasteiger partial charge in [-0.05, 0) is 37.0 Å². The molecule has 1 rings (SSSR count). The zero-order valence-corrected chi connectivity index (χ0v) is 13.4. The van der Waals surface area contributed by atoms with Crippen LogP contribution in [0.25, 0.3) is 0 Å². The Morgan fingerprint density at radius 2 is 1.89 bits per heavy atom. The Hall–Kier alpha value is 0.0400. The fourth-order valence-electron chi connectivity index (χ4n) is 2.59. The summed E-state index contributed by atoms with van der Waals surface area (Å²) in [4.78, 5) is 22.3. The maximum absolute atomic E-state index is 11.3. The van der Waals surface area contributed by atoms with Crippen LogP contribution in [0, 0.1) is 17.8 Å². The molecule has 0 N–H and O–H groups in total. The summed E-state index contributed by atoms with van der Waals surface area (Å²) in [5, 5.41) is 0.921. The van der Waals surface area contributed by atoms with E-state index in [-0.39, 0.29) is 10.2 Å². The highest BCUT2D eigenvalue weighted by atomic mass is 32.2. The van der Waals surface area contributed by atoms with Crippen LogP contribution in [0.2, 0.25) is 0 Å². The second-order valence-electron chi connectivity index (χ2n) is 5.48. The van der Waals surface area contributed by atoms with Gasteiger partial charge >= 0.3 is 0 Å². The van der Waals surface area contributed by atoms with Crippen LogP contribution in [0.4, 0.5) is 0 Å². The van der Waals surface area contributed by atoms with Gasteiger partial charge in [0, 0.05) is 24.9 Å². The molecule has 4 atom stereocenters. The van der Waals surface area contributed by atoms with Crippen molar-refractivity contribution in [3.8, 4) is 0 Å². The normalized spacial score (nSPS) is 29.9. The van der Waals surface area contributed by atoms with E-state index in [9.17, 15) is 9.59 Å². The summed E-state index contributed by atoms with van der Waals surface area (Å²) in [6, 6.07) is 0.